The second-order valence-corrected chi connectivity index (χ2v) is 16.5. The van der Waals surface area contributed by atoms with Gasteiger partial charge in [-0.3, -0.25) is 4.48 Å². The molecule has 2 nitrogen and oxygen atoms in total. The Morgan fingerprint density at radius 2 is 0.773 bits per heavy atom. The summed E-state index contributed by atoms with van der Waals surface area (Å²) in [6.07, 6.45) is 33.3. The molecule has 0 saturated heterocycles. The topological polar surface area (TPSA) is 0 Å². The molecule has 0 radical (unpaired) electrons. The molecular formula is C40H76Cl2N2+2. The normalized spacial score (nSPS) is 12.7. The fraction of sp³-hybridized carbons (Fsp3) is 0.850. The maximum Gasteiger partial charge on any atom is 0.277 e. The van der Waals surface area contributed by atoms with Gasteiger partial charge in [0.05, 0.1) is 41.3 Å². The van der Waals surface area contributed by atoms with Crippen LogP contribution in [0.3, 0.4) is 0 Å². The molecule has 0 atom stereocenters. The molecule has 0 unspecified atom stereocenters. The SMILES string of the molecule is CCCCCCCCCCCCCC[N+](C)(C)Cc1ccc(C(Cl)(Cl)[N+](C)(C)CCCCCCCCCCCCCC)cc1. The molecule has 0 N–H and O–H groups in total. The van der Waals surface area contributed by atoms with Crippen LogP contribution in [0, 0.1) is 0 Å². The Bertz CT molecular complexity index is 787. The van der Waals surface area contributed by atoms with Gasteiger partial charge in [-0.15, -0.1) is 0 Å². The Morgan fingerprint density at radius 1 is 0.455 bits per heavy atom. The van der Waals surface area contributed by atoms with Crippen LogP contribution in [0.25, 0.3) is 0 Å². The molecule has 0 aliphatic carbocycles. The Labute approximate surface area is 286 Å². The predicted octanol–water partition coefficient (Wildman–Crippen LogP) is 13.3. The number of benzene rings is 1. The third kappa shape index (κ3) is 19.4. The van der Waals surface area contributed by atoms with Gasteiger partial charge >= 0.3 is 0 Å². The van der Waals surface area contributed by atoms with Gasteiger partial charge in [0.15, 0.2) is 0 Å². The zero-order chi connectivity index (χ0) is 32.6. The van der Waals surface area contributed by atoms with E-state index in [0.717, 1.165) is 23.1 Å². The first-order valence-electron chi connectivity index (χ1n) is 19.2. The van der Waals surface area contributed by atoms with E-state index in [1.807, 2.05) is 0 Å². The first-order chi connectivity index (χ1) is 21.1. The molecule has 0 aliphatic rings. The van der Waals surface area contributed by atoms with E-state index in [9.17, 15) is 0 Å². The summed E-state index contributed by atoms with van der Waals surface area (Å²) < 4.78 is 0.688. The maximum atomic E-state index is 7.08. The number of unbranched alkanes of at least 4 members (excludes halogenated alkanes) is 22. The van der Waals surface area contributed by atoms with E-state index in [4.69, 9.17) is 23.2 Å². The van der Waals surface area contributed by atoms with Crippen LogP contribution in [0.2, 0.25) is 0 Å². The molecule has 1 rings (SSSR count). The van der Waals surface area contributed by atoms with Gasteiger partial charge < -0.3 is 4.48 Å². The van der Waals surface area contributed by atoms with Crippen molar-refractivity contribution in [2.24, 2.45) is 0 Å². The van der Waals surface area contributed by atoms with E-state index in [-0.39, 0.29) is 0 Å². The smallest absolute Gasteiger partial charge is 0.277 e. The summed E-state index contributed by atoms with van der Waals surface area (Å²) >= 11 is 14.2. The van der Waals surface area contributed by atoms with Crippen molar-refractivity contribution in [1.82, 2.24) is 0 Å². The number of hydrogen-bond donors (Lipinski definition) is 0. The van der Waals surface area contributed by atoms with Crippen molar-refractivity contribution in [2.75, 3.05) is 41.3 Å². The summed E-state index contributed by atoms with van der Waals surface area (Å²) in [6, 6.07) is 8.84. The average Bonchev–Trinajstić information content (AvgIpc) is 2.98. The lowest BCUT2D eigenvalue weighted by atomic mass is 10.0. The zero-order valence-electron chi connectivity index (χ0n) is 30.6. The van der Waals surface area contributed by atoms with Gasteiger partial charge in [-0.25, -0.2) is 0 Å². The van der Waals surface area contributed by atoms with E-state index in [2.05, 4.69) is 66.3 Å². The van der Waals surface area contributed by atoms with E-state index < -0.39 is 4.46 Å². The van der Waals surface area contributed by atoms with Crippen molar-refractivity contribution < 1.29 is 8.97 Å². The Morgan fingerprint density at radius 3 is 1.14 bits per heavy atom. The minimum Gasteiger partial charge on any atom is -0.325 e. The third-order valence-electron chi connectivity index (χ3n) is 9.86. The summed E-state index contributed by atoms with van der Waals surface area (Å²) in [4.78, 5) is 0. The molecule has 258 valence electrons. The molecule has 0 aliphatic heterocycles. The first-order valence-corrected chi connectivity index (χ1v) is 19.9. The highest BCUT2D eigenvalue weighted by Gasteiger charge is 2.43. The second-order valence-electron chi connectivity index (χ2n) is 15.2. The Hall–Kier alpha value is -0.280. The lowest BCUT2D eigenvalue weighted by Crippen LogP contribution is -2.51. The molecule has 1 aromatic rings. The molecule has 0 spiro atoms. The number of alkyl halides is 2. The highest BCUT2D eigenvalue weighted by Crippen LogP contribution is 2.41. The van der Waals surface area contributed by atoms with Gasteiger partial charge in [-0.05, 0) is 61.0 Å². The number of quaternary nitrogens is 2. The van der Waals surface area contributed by atoms with Crippen LogP contribution in [0.4, 0.5) is 0 Å². The van der Waals surface area contributed by atoms with Crippen LogP contribution in [-0.4, -0.2) is 50.2 Å². The quantitative estimate of drug-likeness (QED) is 0.0335. The van der Waals surface area contributed by atoms with Crippen LogP contribution in [0.5, 0.6) is 0 Å². The molecule has 1 aromatic carbocycles. The zero-order valence-corrected chi connectivity index (χ0v) is 32.1. The van der Waals surface area contributed by atoms with E-state index in [1.54, 1.807) is 0 Å². The van der Waals surface area contributed by atoms with Gasteiger partial charge in [0, 0.05) is 11.1 Å². The van der Waals surface area contributed by atoms with Crippen molar-refractivity contribution in [3.05, 3.63) is 35.4 Å². The summed E-state index contributed by atoms with van der Waals surface area (Å²) in [6.45, 7) is 7.86. The van der Waals surface area contributed by atoms with Gasteiger partial charge in [-0.2, -0.15) is 0 Å². The standard InChI is InChI=1S/C40H76Cl2N2/c1-7-9-11-13-15-17-19-21-23-25-27-29-35-43(3,4)37-38-31-33-39(34-32-38)40(41,42)44(5,6)36-30-28-26-24-22-20-18-16-14-12-10-8-2/h31-34H,7-30,35-37H2,1-6H3/q+2. The van der Waals surface area contributed by atoms with Gasteiger partial charge in [0.2, 0.25) is 0 Å². The number of halogens is 2. The first kappa shape index (κ1) is 41.7. The summed E-state index contributed by atoms with van der Waals surface area (Å²) in [7, 11) is 9.10. The largest absolute Gasteiger partial charge is 0.325 e. The molecule has 4 heteroatoms. The molecule has 0 bridgehead atoms. The number of nitrogens with zero attached hydrogens (tertiary/aromatic N) is 2. The van der Waals surface area contributed by atoms with Crippen molar-refractivity contribution in [2.45, 2.75) is 179 Å². The number of hydrogen-bond acceptors (Lipinski definition) is 0. The van der Waals surface area contributed by atoms with Gasteiger partial charge in [0.1, 0.15) is 6.54 Å². The van der Waals surface area contributed by atoms with Crippen molar-refractivity contribution in [3.63, 3.8) is 0 Å². The monoisotopic (exact) mass is 655 g/mol. The molecule has 0 fully saturated rings. The summed E-state index contributed by atoms with van der Waals surface area (Å²) in [5, 5.41) is 0. The van der Waals surface area contributed by atoms with E-state index in [1.165, 1.54) is 166 Å². The Kier molecular flexibility index (Phi) is 23.6. The van der Waals surface area contributed by atoms with Crippen LogP contribution in [0.15, 0.2) is 24.3 Å². The van der Waals surface area contributed by atoms with Crippen molar-refractivity contribution >= 4 is 23.2 Å². The fourth-order valence-electron chi connectivity index (χ4n) is 6.60. The maximum absolute atomic E-state index is 7.08. The second kappa shape index (κ2) is 24.8. The molecule has 0 heterocycles. The highest BCUT2D eigenvalue weighted by atomic mass is 35.5. The van der Waals surface area contributed by atoms with Crippen LogP contribution >= 0.6 is 23.2 Å². The minimum absolute atomic E-state index is 0.591. The van der Waals surface area contributed by atoms with Gasteiger partial charge in [-0.1, -0.05) is 154 Å². The molecule has 0 amide bonds. The average molecular weight is 656 g/mol. The lowest BCUT2D eigenvalue weighted by Gasteiger charge is -2.40. The van der Waals surface area contributed by atoms with Crippen LogP contribution in [0.1, 0.15) is 179 Å². The molecule has 0 aromatic heterocycles. The predicted molar refractivity (Wildman–Crippen MR) is 200 cm³/mol. The molecule has 44 heavy (non-hydrogen) atoms. The molecular weight excluding hydrogens is 579 g/mol. The summed E-state index contributed by atoms with van der Waals surface area (Å²) in [5.41, 5.74) is 2.38. The fourth-order valence-corrected chi connectivity index (χ4v) is 7.02. The van der Waals surface area contributed by atoms with Gasteiger partial charge in [0.25, 0.3) is 4.46 Å². The van der Waals surface area contributed by atoms with E-state index >= 15 is 0 Å². The lowest BCUT2D eigenvalue weighted by molar-refractivity contribution is -0.920. The third-order valence-corrected chi connectivity index (χ3v) is 11.2. The van der Waals surface area contributed by atoms with Crippen molar-refractivity contribution in [1.29, 1.82) is 0 Å². The molecule has 0 saturated carbocycles. The number of rotatable bonds is 30. The summed E-state index contributed by atoms with van der Waals surface area (Å²) in [5.74, 6) is 0. The highest BCUT2D eigenvalue weighted by molar-refractivity contribution is 6.46. The van der Waals surface area contributed by atoms with Crippen molar-refractivity contribution in [3.8, 4) is 0 Å². The Balaban J connectivity index is 2.27. The van der Waals surface area contributed by atoms with Crippen LogP contribution < -0.4 is 0 Å². The van der Waals surface area contributed by atoms with E-state index in [0.29, 0.717) is 4.48 Å². The van der Waals surface area contributed by atoms with Crippen LogP contribution in [-0.2, 0) is 11.0 Å². The minimum atomic E-state index is -0.935.